The van der Waals surface area contributed by atoms with Gasteiger partial charge in [-0.1, -0.05) is 30.3 Å². The zero-order valence-corrected chi connectivity index (χ0v) is 18.4. The molecular weight excluding hydrogens is 406 g/mol. The molecule has 0 bridgehead atoms. The molecule has 2 aliphatic rings. The van der Waals surface area contributed by atoms with Gasteiger partial charge >= 0.3 is 5.97 Å². The highest BCUT2D eigenvalue weighted by Gasteiger charge is 2.43. The van der Waals surface area contributed by atoms with Gasteiger partial charge in [0.05, 0.1) is 30.8 Å². The largest absolute Gasteiger partial charge is 0.465 e. The van der Waals surface area contributed by atoms with Crippen LogP contribution in [-0.2, 0) is 20.7 Å². The second-order valence-electron chi connectivity index (χ2n) is 8.29. The maximum Gasteiger partial charge on any atom is 0.337 e. The van der Waals surface area contributed by atoms with Gasteiger partial charge in [-0.15, -0.1) is 0 Å². The number of imide groups is 1. The second-order valence-corrected chi connectivity index (χ2v) is 8.29. The van der Waals surface area contributed by atoms with Gasteiger partial charge in [0, 0.05) is 26.2 Å². The molecule has 0 aliphatic carbocycles. The van der Waals surface area contributed by atoms with Crippen molar-refractivity contribution in [3.63, 3.8) is 0 Å². The van der Waals surface area contributed by atoms with E-state index in [0.717, 1.165) is 45.6 Å². The predicted molar refractivity (Wildman–Crippen MR) is 121 cm³/mol. The number of esters is 1. The van der Waals surface area contributed by atoms with E-state index in [2.05, 4.69) is 34.1 Å². The molecular formula is C25H29N3O4. The number of ether oxygens (including phenoxy) is 1. The number of carbonyl (C=O) groups is 3. The third kappa shape index (κ3) is 4.89. The van der Waals surface area contributed by atoms with Crippen LogP contribution in [0.2, 0.25) is 0 Å². The summed E-state index contributed by atoms with van der Waals surface area (Å²) in [6.45, 7) is 4.41. The summed E-state index contributed by atoms with van der Waals surface area (Å²) in [5, 5.41) is 0. The first kappa shape index (κ1) is 22.2. The zero-order valence-electron chi connectivity index (χ0n) is 18.4. The lowest BCUT2D eigenvalue weighted by Crippen LogP contribution is -2.52. The Morgan fingerprint density at radius 2 is 1.66 bits per heavy atom. The van der Waals surface area contributed by atoms with Crippen molar-refractivity contribution >= 4 is 23.5 Å². The van der Waals surface area contributed by atoms with Gasteiger partial charge in [0.2, 0.25) is 5.91 Å². The van der Waals surface area contributed by atoms with Crippen LogP contribution in [-0.4, -0.2) is 73.5 Å². The van der Waals surface area contributed by atoms with Gasteiger partial charge in [-0.05, 0) is 49.2 Å². The van der Waals surface area contributed by atoms with E-state index in [-0.39, 0.29) is 18.2 Å². The summed E-state index contributed by atoms with van der Waals surface area (Å²) in [5.41, 5.74) is 2.24. The molecule has 32 heavy (non-hydrogen) atoms. The molecule has 168 valence electrons. The summed E-state index contributed by atoms with van der Waals surface area (Å²) in [6, 6.07) is 16.5. The van der Waals surface area contributed by atoms with E-state index < -0.39 is 12.0 Å². The normalized spacial score (nSPS) is 20.0. The number of methoxy groups -OCH3 is 1. The van der Waals surface area contributed by atoms with Crippen molar-refractivity contribution in [1.29, 1.82) is 0 Å². The minimum absolute atomic E-state index is 0.182. The molecule has 2 aromatic rings. The van der Waals surface area contributed by atoms with Crippen molar-refractivity contribution in [2.75, 3.05) is 44.7 Å². The van der Waals surface area contributed by atoms with Crippen molar-refractivity contribution in [3.05, 3.63) is 65.7 Å². The van der Waals surface area contributed by atoms with Crippen molar-refractivity contribution in [2.24, 2.45) is 0 Å². The molecule has 1 atom stereocenters. The summed E-state index contributed by atoms with van der Waals surface area (Å²) < 4.78 is 4.70. The molecule has 2 amide bonds. The fourth-order valence-electron chi connectivity index (χ4n) is 4.49. The van der Waals surface area contributed by atoms with E-state index in [9.17, 15) is 14.4 Å². The Morgan fingerprint density at radius 3 is 2.31 bits per heavy atom. The van der Waals surface area contributed by atoms with Crippen molar-refractivity contribution in [2.45, 2.75) is 25.3 Å². The molecule has 0 aromatic heterocycles. The summed E-state index contributed by atoms with van der Waals surface area (Å²) in [5.74, 6) is -0.829. The minimum Gasteiger partial charge on any atom is -0.465 e. The average Bonchev–Trinajstić information content (AvgIpc) is 3.13. The molecule has 0 unspecified atom stereocenters. The van der Waals surface area contributed by atoms with Gasteiger partial charge < -0.3 is 9.64 Å². The Hall–Kier alpha value is -3.03. The number of hydrogen-bond donors (Lipinski definition) is 0. The number of rotatable bonds is 7. The molecule has 0 N–H and O–H groups in total. The predicted octanol–water partition coefficient (Wildman–Crippen LogP) is 2.36. The quantitative estimate of drug-likeness (QED) is 0.491. The Balaban J connectivity index is 1.29. The smallest absolute Gasteiger partial charge is 0.337 e. The van der Waals surface area contributed by atoms with Crippen molar-refractivity contribution < 1.29 is 19.1 Å². The second kappa shape index (κ2) is 10.1. The standard InChI is InChI=1S/C25H29N3O4/c1-32-25(31)20-9-11-21(12-10-20)28-23(29)18-22(24(28)30)27-16-14-26(15-17-27)13-5-8-19-6-3-2-4-7-19/h2-4,6-7,9-12,22H,5,8,13-18H2,1H3/t22-/m1/s1. The van der Waals surface area contributed by atoms with Gasteiger partial charge in [-0.3, -0.25) is 14.5 Å². The van der Waals surface area contributed by atoms with Crippen LogP contribution in [0, 0.1) is 0 Å². The third-order valence-electron chi connectivity index (χ3n) is 6.30. The molecule has 2 fully saturated rings. The van der Waals surface area contributed by atoms with Crippen LogP contribution in [0.1, 0.15) is 28.8 Å². The Bertz CT molecular complexity index is 953. The number of amides is 2. The van der Waals surface area contributed by atoms with E-state index >= 15 is 0 Å². The number of piperazine rings is 1. The minimum atomic E-state index is -0.449. The maximum atomic E-state index is 13.1. The van der Waals surface area contributed by atoms with Crippen molar-refractivity contribution in [3.8, 4) is 0 Å². The lowest BCUT2D eigenvalue weighted by atomic mass is 10.1. The van der Waals surface area contributed by atoms with Gasteiger partial charge in [-0.2, -0.15) is 0 Å². The van der Waals surface area contributed by atoms with Crippen LogP contribution in [0.4, 0.5) is 5.69 Å². The fourth-order valence-corrected chi connectivity index (χ4v) is 4.49. The summed E-state index contributed by atoms with van der Waals surface area (Å²) in [6.07, 6.45) is 2.38. The maximum absolute atomic E-state index is 13.1. The Labute approximate surface area is 188 Å². The van der Waals surface area contributed by atoms with E-state index in [1.807, 2.05) is 6.07 Å². The van der Waals surface area contributed by atoms with E-state index in [1.54, 1.807) is 24.3 Å². The molecule has 0 radical (unpaired) electrons. The highest BCUT2D eigenvalue weighted by Crippen LogP contribution is 2.27. The highest BCUT2D eigenvalue weighted by molar-refractivity contribution is 6.22. The SMILES string of the molecule is COC(=O)c1ccc(N2C(=O)C[C@@H](N3CCN(CCCc4ccccc4)CC3)C2=O)cc1. The first-order valence-corrected chi connectivity index (χ1v) is 11.1. The highest BCUT2D eigenvalue weighted by atomic mass is 16.5. The number of carbonyl (C=O) groups excluding carboxylic acids is 3. The molecule has 2 aliphatic heterocycles. The number of nitrogens with zero attached hydrogens (tertiary/aromatic N) is 3. The lowest BCUT2D eigenvalue weighted by Gasteiger charge is -2.37. The van der Waals surface area contributed by atoms with E-state index in [4.69, 9.17) is 4.74 Å². The van der Waals surface area contributed by atoms with Crippen molar-refractivity contribution in [1.82, 2.24) is 9.80 Å². The Morgan fingerprint density at radius 1 is 0.969 bits per heavy atom. The van der Waals surface area contributed by atoms with Gasteiger partial charge in [-0.25, -0.2) is 9.69 Å². The van der Waals surface area contributed by atoms with Crippen LogP contribution >= 0.6 is 0 Å². The number of anilines is 1. The molecule has 0 saturated carbocycles. The Kier molecular flexibility index (Phi) is 6.97. The summed E-state index contributed by atoms with van der Waals surface area (Å²) in [4.78, 5) is 43.1. The van der Waals surface area contributed by atoms with Crippen LogP contribution in [0.3, 0.4) is 0 Å². The third-order valence-corrected chi connectivity index (χ3v) is 6.30. The summed E-state index contributed by atoms with van der Waals surface area (Å²) in [7, 11) is 1.32. The van der Waals surface area contributed by atoms with Crippen LogP contribution in [0.25, 0.3) is 0 Å². The number of hydrogen-bond acceptors (Lipinski definition) is 6. The number of benzene rings is 2. The van der Waals surface area contributed by atoms with E-state index in [1.165, 1.54) is 17.6 Å². The summed E-state index contributed by atoms with van der Waals surface area (Å²) >= 11 is 0. The van der Waals surface area contributed by atoms with Crippen LogP contribution in [0.15, 0.2) is 54.6 Å². The average molecular weight is 436 g/mol. The van der Waals surface area contributed by atoms with Crippen LogP contribution in [0.5, 0.6) is 0 Å². The van der Waals surface area contributed by atoms with E-state index in [0.29, 0.717) is 11.3 Å². The van der Waals surface area contributed by atoms with Gasteiger partial charge in [0.25, 0.3) is 5.91 Å². The van der Waals surface area contributed by atoms with Gasteiger partial charge in [0.15, 0.2) is 0 Å². The van der Waals surface area contributed by atoms with Gasteiger partial charge in [0.1, 0.15) is 0 Å². The van der Waals surface area contributed by atoms with Crippen LogP contribution < -0.4 is 4.90 Å². The first-order chi connectivity index (χ1) is 15.6. The first-order valence-electron chi connectivity index (χ1n) is 11.1. The lowest BCUT2D eigenvalue weighted by molar-refractivity contribution is -0.123. The molecule has 4 rings (SSSR count). The zero-order chi connectivity index (χ0) is 22.5. The molecule has 7 nitrogen and oxygen atoms in total. The topological polar surface area (TPSA) is 70.2 Å². The monoisotopic (exact) mass is 435 g/mol. The molecule has 7 heteroatoms. The fraction of sp³-hybridized carbons (Fsp3) is 0.400. The molecule has 2 aromatic carbocycles. The molecule has 2 heterocycles. The molecule has 2 saturated heterocycles. The number of aryl methyl sites for hydroxylation is 1. The molecule has 0 spiro atoms.